The Labute approximate surface area is 146 Å². The summed E-state index contributed by atoms with van der Waals surface area (Å²) in [5, 5.41) is 7.71. The molecule has 1 aliphatic carbocycles. The van der Waals surface area contributed by atoms with Crippen LogP contribution in [0.2, 0.25) is 0 Å². The SMILES string of the molecule is Cc1nn(C)c2c1C(NC(=O)c1ccc(-n3ccnc3)cc1)CCC2. The van der Waals surface area contributed by atoms with Gasteiger partial charge in [0.2, 0.25) is 0 Å². The van der Waals surface area contributed by atoms with Gasteiger partial charge < -0.3 is 9.88 Å². The van der Waals surface area contributed by atoms with Gasteiger partial charge in [-0.15, -0.1) is 0 Å². The van der Waals surface area contributed by atoms with Gasteiger partial charge in [-0.25, -0.2) is 4.98 Å². The maximum absolute atomic E-state index is 12.7. The Bertz CT molecular complexity index is 893. The Balaban J connectivity index is 1.53. The van der Waals surface area contributed by atoms with Crippen LogP contribution in [0.4, 0.5) is 0 Å². The molecule has 1 amide bonds. The van der Waals surface area contributed by atoms with E-state index in [0.717, 1.165) is 30.6 Å². The second-order valence-corrected chi connectivity index (χ2v) is 6.50. The number of rotatable bonds is 3. The van der Waals surface area contributed by atoms with Crippen LogP contribution >= 0.6 is 0 Å². The number of amides is 1. The zero-order chi connectivity index (χ0) is 17.4. The lowest BCUT2D eigenvalue weighted by Crippen LogP contribution is -2.31. The highest BCUT2D eigenvalue weighted by Crippen LogP contribution is 2.32. The van der Waals surface area contributed by atoms with E-state index in [-0.39, 0.29) is 11.9 Å². The van der Waals surface area contributed by atoms with Gasteiger partial charge in [-0.3, -0.25) is 9.48 Å². The highest BCUT2D eigenvalue weighted by atomic mass is 16.1. The molecule has 4 rings (SSSR count). The number of nitrogens with one attached hydrogen (secondary N) is 1. The van der Waals surface area contributed by atoms with Gasteiger partial charge in [0.25, 0.3) is 5.91 Å². The fourth-order valence-corrected chi connectivity index (χ4v) is 3.67. The van der Waals surface area contributed by atoms with Crippen LogP contribution in [0.1, 0.15) is 46.2 Å². The normalized spacial score (nSPS) is 16.5. The second-order valence-electron chi connectivity index (χ2n) is 6.50. The van der Waals surface area contributed by atoms with Crippen LogP contribution in [0.3, 0.4) is 0 Å². The number of nitrogens with zero attached hydrogens (tertiary/aromatic N) is 4. The standard InChI is InChI=1S/C19H21N5O/c1-13-18-16(4-3-5-17(18)23(2)22-13)21-19(25)14-6-8-15(9-7-14)24-11-10-20-12-24/h6-12,16H,3-5H2,1-2H3,(H,21,25). The molecule has 0 radical (unpaired) electrons. The quantitative estimate of drug-likeness (QED) is 0.800. The van der Waals surface area contributed by atoms with Crippen LogP contribution in [0.15, 0.2) is 43.0 Å². The Morgan fingerprint density at radius 3 is 2.80 bits per heavy atom. The van der Waals surface area contributed by atoms with Gasteiger partial charge in [-0.05, 0) is 50.5 Å². The van der Waals surface area contributed by atoms with Crippen molar-refractivity contribution in [3.63, 3.8) is 0 Å². The topological polar surface area (TPSA) is 64.7 Å². The lowest BCUT2D eigenvalue weighted by Gasteiger charge is -2.24. The molecule has 1 aromatic carbocycles. The minimum absolute atomic E-state index is 0.0401. The Hall–Kier alpha value is -2.89. The van der Waals surface area contributed by atoms with Crippen LogP contribution in [0, 0.1) is 6.92 Å². The predicted molar refractivity (Wildman–Crippen MR) is 94.7 cm³/mol. The molecular formula is C19H21N5O. The molecule has 6 heteroatoms. The van der Waals surface area contributed by atoms with Crippen LogP contribution in [0.25, 0.3) is 5.69 Å². The number of hydrogen-bond donors (Lipinski definition) is 1. The zero-order valence-corrected chi connectivity index (χ0v) is 14.4. The van der Waals surface area contributed by atoms with E-state index >= 15 is 0 Å². The van der Waals surface area contributed by atoms with Crippen molar-refractivity contribution in [2.24, 2.45) is 7.05 Å². The van der Waals surface area contributed by atoms with Crippen LogP contribution < -0.4 is 5.32 Å². The van der Waals surface area contributed by atoms with Crippen LogP contribution in [-0.2, 0) is 13.5 Å². The van der Waals surface area contributed by atoms with Gasteiger partial charge >= 0.3 is 0 Å². The molecular weight excluding hydrogens is 314 g/mol. The first kappa shape index (κ1) is 15.6. The van der Waals surface area contributed by atoms with Crippen molar-refractivity contribution in [2.75, 3.05) is 0 Å². The number of aromatic nitrogens is 4. The summed E-state index contributed by atoms with van der Waals surface area (Å²) in [6.45, 7) is 2.02. The van der Waals surface area contributed by atoms with Gasteiger partial charge in [0.15, 0.2) is 0 Å². The first-order chi connectivity index (χ1) is 12.1. The molecule has 0 fully saturated rings. The summed E-state index contributed by atoms with van der Waals surface area (Å²) in [5.74, 6) is -0.0433. The van der Waals surface area contributed by atoms with Crippen molar-refractivity contribution in [2.45, 2.75) is 32.2 Å². The van der Waals surface area contributed by atoms with Crippen molar-refractivity contribution in [3.05, 3.63) is 65.5 Å². The maximum Gasteiger partial charge on any atom is 0.251 e. The fourth-order valence-electron chi connectivity index (χ4n) is 3.67. The molecule has 0 spiro atoms. The summed E-state index contributed by atoms with van der Waals surface area (Å²) >= 11 is 0. The number of hydrogen-bond acceptors (Lipinski definition) is 3. The van der Waals surface area contributed by atoms with Crippen molar-refractivity contribution in [3.8, 4) is 5.69 Å². The zero-order valence-electron chi connectivity index (χ0n) is 14.4. The van der Waals surface area contributed by atoms with E-state index in [9.17, 15) is 4.79 Å². The third kappa shape index (κ3) is 2.84. The van der Waals surface area contributed by atoms with Crippen LogP contribution in [-0.4, -0.2) is 25.2 Å². The summed E-state index contributed by atoms with van der Waals surface area (Å²) in [5.41, 5.74) is 5.09. The largest absolute Gasteiger partial charge is 0.345 e. The molecule has 1 atom stereocenters. The van der Waals surface area contributed by atoms with Gasteiger partial charge in [0.1, 0.15) is 0 Å². The third-order valence-corrected chi connectivity index (χ3v) is 4.88. The van der Waals surface area contributed by atoms with E-state index in [0.29, 0.717) is 5.56 Å². The minimum atomic E-state index is -0.0433. The number of imidazole rings is 1. The van der Waals surface area contributed by atoms with E-state index in [4.69, 9.17) is 0 Å². The minimum Gasteiger partial charge on any atom is -0.345 e. The highest BCUT2D eigenvalue weighted by Gasteiger charge is 2.27. The highest BCUT2D eigenvalue weighted by molar-refractivity contribution is 5.94. The van der Waals surface area contributed by atoms with E-state index in [2.05, 4.69) is 15.4 Å². The number of benzene rings is 1. The third-order valence-electron chi connectivity index (χ3n) is 4.88. The molecule has 0 aliphatic heterocycles. The maximum atomic E-state index is 12.7. The average molecular weight is 335 g/mol. The van der Waals surface area contributed by atoms with Gasteiger partial charge in [-0.1, -0.05) is 0 Å². The molecule has 0 bridgehead atoms. The Morgan fingerprint density at radius 1 is 1.28 bits per heavy atom. The van der Waals surface area contributed by atoms with E-state index in [1.807, 2.05) is 53.7 Å². The van der Waals surface area contributed by atoms with Crippen molar-refractivity contribution in [1.29, 1.82) is 0 Å². The molecule has 1 N–H and O–H groups in total. The summed E-state index contributed by atoms with van der Waals surface area (Å²) in [6, 6.07) is 7.60. The Morgan fingerprint density at radius 2 is 2.08 bits per heavy atom. The summed E-state index contributed by atoms with van der Waals surface area (Å²) in [4.78, 5) is 16.7. The molecule has 0 saturated carbocycles. The lowest BCUT2D eigenvalue weighted by molar-refractivity contribution is 0.0932. The molecule has 2 heterocycles. The molecule has 6 nitrogen and oxygen atoms in total. The first-order valence-electron chi connectivity index (χ1n) is 8.55. The molecule has 25 heavy (non-hydrogen) atoms. The van der Waals surface area contributed by atoms with E-state index in [1.165, 1.54) is 11.3 Å². The molecule has 1 unspecified atom stereocenters. The predicted octanol–water partition coefficient (Wildman–Crippen LogP) is 2.72. The summed E-state index contributed by atoms with van der Waals surface area (Å²) < 4.78 is 3.86. The monoisotopic (exact) mass is 335 g/mol. The molecule has 1 aliphatic rings. The summed E-state index contributed by atoms with van der Waals surface area (Å²) in [7, 11) is 1.98. The molecule has 128 valence electrons. The van der Waals surface area contributed by atoms with E-state index in [1.54, 1.807) is 12.5 Å². The van der Waals surface area contributed by atoms with Gasteiger partial charge in [0.05, 0.1) is 18.1 Å². The Kier molecular flexibility index (Phi) is 3.87. The van der Waals surface area contributed by atoms with Crippen molar-refractivity contribution in [1.82, 2.24) is 24.6 Å². The molecule has 0 saturated heterocycles. The van der Waals surface area contributed by atoms with Crippen molar-refractivity contribution < 1.29 is 4.79 Å². The lowest BCUT2D eigenvalue weighted by atomic mass is 9.90. The van der Waals surface area contributed by atoms with Gasteiger partial charge in [0, 0.05) is 41.9 Å². The van der Waals surface area contributed by atoms with Crippen molar-refractivity contribution >= 4 is 5.91 Å². The number of carbonyl (C=O) groups excluding carboxylic acids is 1. The van der Waals surface area contributed by atoms with E-state index < -0.39 is 0 Å². The average Bonchev–Trinajstić information content (AvgIpc) is 3.25. The second kappa shape index (κ2) is 6.20. The fraction of sp³-hybridized carbons (Fsp3) is 0.316. The van der Waals surface area contributed by atoms with Crippen LogP contribution in [0.5, 0.6) is 0 Å². The number of aryl methyl sites for hydroxylation is 2. The number of fused-ring (bicyclic) bond motifs is 1. The summed E-state index contributed by atoms with van der Waals surface area (Å²) in [6.07, 6.45) is 8.40. The molecule has 2 aromatic heterocycles. The van der Waals surface area contributed by atoms with Gasteiger partial charge in [-0.2, -0.15) is 5.10 Å². The molecule has 3 aromatic rings. The first-order valence-corrected chi connectivity index (χ1v) is 8.55. The smallest absolute Gasteiger partial charge is 0.251 e. The number of carbonyl (C=O) groups is 1.